The fraction of sp³-hybridized carbons (Fsp3) is 0.448. The molecular weight excluding hydrogens is 444 g/mol. The molecule has 3 rings (SSSR count). The molecule has 0 atom stereocenters. The maximum atomic E-state index is 12.3. The summed E-state index contributed by atoms with van der Waals surface area (Å²) >= 11 is 0. The molecule has 188 valence electrons. The number of rotatable bonds is 14. The molecule has 35 heavy (non-hydrogen) atoms. The number of hydrogen-bond donors (Lipinski definition) is 0. The fourth-order valence-corrected chi connectivity index (χ4v) is 3.95. The van der Waals surface area contributed by atoms with E-state index in [1.807, 2.05) is 49.4 Å². The second-order valence-corrected chi connectivity index (χ2v) is 8.69. The molecular formula is C29H36O6. The third-order valence-electron chi connectivity index (χ3n) is 5.77. The van der Waals surface area contributed by atoms with E-state index < -0.39 is 11.9 Å². The van der Waals surface area contributed by atoms with Gasteiger partial charge in [0.05, 0.1) is 13.2 Å². The summed E-state index contributed by atoms with van der Waals surface area (Å²) in [5.74, 6) is 0.406. The van der Waals surface area contributed by atoms with Crippen molar-refractivity contribution < 1.29 is 28.5 Å². The van der Waals surface area contributed by atoms with Gasteiger partial charge in [0.2, 0.25) is 0 Å². The Hall–Kier alpha value is -3.28. The van der Waals surface area contributed by atoms with E-state index in [0.29, 0.717) is 24.7 Å². The Balaban J connectivity index is 1.85. The van der Waals surface area contributed by atoms with Gasteiger partial charge in [-0.15, -0.1) is 0 Å². The predicted molar refractivity (Wildman–Crippen MR) is 138 cm³/mol. The molecule has 0 aromatic heterocycles. The summed E-state index contributed by atoms with van der Waals surface area (Å²) in [6, 6.07) is 13.6. The standard InChI is InChI=1S/C29H36O6/c1-4-6-10-16-32-26(30)19-34-28-22-12-8-9-13-23(22)29(25-18-21(3)14-15-24(25)28)35-20-27(31)33-17-11-7-5-2/h8-9,12-15,18H,4-7,10-11,16-17,19-20H2,1-3H3. The lowest BCUT2D eigenvalue weighted by Gasteiger charge is -2.18. The summed E-state index contributed by atoms with van der Waals surface area (Å²) in [5.41, 5.74) is 1.04. The highest BCUT2D eigenvalue weighted by Crippen LogP contribution is 2.43. The summed E-state index contributed by atoms with van der Waals surface area (Å²) in [6.45, 7) is 6.65. The van der Waals surface area contributed by atoms with Gasteiger partial charge < -0.3 is 18.9 Å². The number of aryl methyl sites for hydroxylation is 1. The predicted octanol–water partition coefficient (Wildman–Crippen LogP) is 6.53. The van der Waals surface area contributed by atoms with Gasteiger partial charge in [0.15, 0.2) is 13.2 Å². The van der Waals surface area contributed by atoms with Crippen LogP contribution in [0.15, 0.2) is 42.5 Å². The van der Waals surface area contributed by atoms with Gasteiger partial charge >= 0.3 is 11.9 Å². The van der Waals surface area contributed by atoms with Crippen molar-refractivity contribution >= 4 is 33.5 Å². The zero-order valence-electron chi connectivity index (χ0n) is 21.1. The van der Waals surface area contributed by atoms with Gasteiger partial charge in [-0.1, -0.05) is 81.5 Å². The molecule has 3 aromatic rings. The largest absolute Gasteiger partial charge is 0.481 e. The molecule has 0 aliphatic heterocycles. The number of hydrogen-bond acceptors (Lipinski definition) is 6. The molecule has 0 bridgehead atoms. The summed E-state index contributed by atoms with van der Waals surface area (Å²) in [7, 11) is 0. The molecule has 0 fully saturated rings. The molecule has 0 saturated heterocycles. The summed E-state index contributed by atoms with van der Waals surface area (Å²) in [5, 5.41) is 3.22. The van der Waals surface area contributed by atoms with Gasteiger partial charge in [-0.05, 0) is 25.8 Å². The van der Waals surface area contributed by atoms with Crippen LogP contribution in [0.2, 0.25) is 0 Å². The maximum absolute atomic E-state index is 12.3. The molecule has 0 N–H and O–H groups in total. The van der Waals surface area contributed by atoms with Gasteiger partial charge in [-0.3, -0.25) is 0 Å². The van der Waals surface area contributed by atoms with E-state index in [1.165, 1.54) is 0 Å². The van der Waals surface area contributed by atoms with E-state index in [-0.39, 0.29) is 13.2 Å². The molecule has 0 aliphatic carbocycles. The normalized spacial score (nSPS) is 10.9. The average Bonchev–Trinajstić information content (AvgIpc) is 2.86. The minimum Gasteiger partial charge on any atom is -0.481 e. The molecule has 0 spiro atoms. The minimum absolute atomic E-state index is 0.177. The average molecular weight is 481 g/mol. The van der Waals surface area contributed by atoms with Crippen LogP contribution in [0.1, 0.15) is 57.9 Å². The van der Waals surface area contributed by atoms with Crippen LogP contribution >= 0.6 is 0 Å². The van der Waals surface area contributed by atoms with Crippen molar-refractivity contribution in [1.82, 2.24) is 0 Å². The third-order valence-corrected chi connectivity index (χ3v) is 5.77. The van der Waals surface area contributed by atoms with Crippen LogP contribution in [0.25, 0.3) is 21.5 Å². The Morgan fingerprint density at radius 2 is 1.14 bits per heavy atom. The highest BCUT2D eigenvalue weighted by molar-refractivity contribution is 6.11. The van der Waals surface area contributed by atoms with E-state index in [1.54, 1.807) is 0 Å². The van der Waals surface area contributed by atoms with Crippen LogP contribution in [0.5, 0.6) is 11.5 Å². The van der Waals surface area contributed by atoms with Crippen LogP contribution in [0.3, 0.4) is 0 Å². The quantitative estimate of drug-likeness (QED) is 0.148. The number of esters is 2. The number of benzene rings is 3. The molecule has 0 amide bonds. The topological polar surface area (TPSA) is 71.1 Å². The van der Waals surface area contributed by atoms with Crippen LogP contribution in [0, 0.1) is 6.92 Å². The number of carbonyl (C=O) groups excluding carboxylic acids is 2. The Morgan fingerprint density at radius 3 is 1.66 bits per heavy atom. The summed E-state index contributed by atoms with van der Waals surface area (Å²) < 4.78 is 22.7. The van der Waals surface area contributed by atoms with Gasteiger partial charge in [0.1, 0.15) is 11.5 Å². The lowest BCUT2D eigenvalue weighted by atomic mass is 9.99. The van der Waals surface area contributed by atoms with E-state index >= 15 is 0 Å². The highest BCUT2D eigenvalue weighted by atomic mass is 16.6. The molecule has 0 saturated carbocycles. The van der Waals surface area contributed by atoms with Crippen LogP contribution in [-0.4, -0.2) is 38.4 Å². The van der Waals surface area contributed by atoms with Crippen LogP contribution in [-0.2, 0) is 19.1 Å². The molecule has 0 unspecified atom stereocenters. The van der Waals surface area contributed by atoms with Crippen molar-refractivity contribution in [2.45, 2.75) is 59.3 Å². The van der Waals surface area contributed by atoms with Crippen molar-refractivity contribution in [2.75, 3.05) is 26.4 Å². The van der Waals surface area contributed by atoms with Crippen molar-refractivity contribution in [3.63, 3.8) is 0 Å². The Morgan fingerprint density at radius 1 is 0.657 bits per heavy atom. The van der Waals surface area contributed by atoms with Crippen LogP contribution < -0.4 is 9.47 Å². The Labute approximate surface area is 207 Å². The molecule has 0 heterocycles. The molecule has 0 aliphatic rings. The Bertz CT molecular complexity index is 1140. The molecule has 3 aromatic carbocycles. The summed E-state index contributed by atoms with van der Waals surface area (Å²) in [6.07, 6.45) is 5.88. The summed E-state index contributed by atoms with van der Waals surface area (Å²) in [4.78, 5) is 24.5. The zero-order chi connectivity index (χ0) is 25.0. The van der Waals surface area contributed by atoms with Crippen molar-refractivity contribution in [3.8, 4) is 11.5 Å². The van der Waals surface area contributed by atoms with Crippen LogP contribution in [0.4, 0.5) is 0 Å². The lowest BCUT2D eigenvalue weighted by Crippen LogP contribution is -2.17. The molecule has 0 radical (unpaired) electrons. The third kappa shape index (κ3) is 7.35. The van der Waals surface area contributed by atoms with E-state index in [4.69, 9.17) is 18.9 Å². The molecule has 6 heteroatoms. The first-order valence-corrected chi connectivity index (χ1v) is 12.6. The molecule has 6 nitrogen and oxygen atoms in total. The van der Waals surface area contributed by atoms with Gasteiger partial charge in [-0.25, -0.2) is 9.59 Å². The van der Waals surface area contributed by atoms with E-state index in [9.17, 15) is 9.59 Å². The van der Waals surface area contributed by atoms with Crippen molar-refractivity contribution in [1.29, 1.82) is 0 Å². The first kappa shape index (κ1) is 26.3. The fourth-order valence-electron chi connectivity index (χ4n) is 3.95. The maximum Gasteiger partial charge on any atom is 0.344 e. The van der Waals surface area contributed by atoms with Gasteiger partial charge in [0.25, 0.3) is 0 Å². The van der Waals surface area contributed by atoms with E-state index in [0.717, 1.165) is 65.6 Å². The van der Waals surface area contributed by atoms with Gasteiger partial charge in [-0.2, -0.15) is 0 Å². The second-order valence-electron chi connectivity index (χ2n) is 8.69. The first-order chi connectivity index (χ1) is 17.0. The SMILES string of the molecule is CCCCCOC(=O)COc1c2ccccc2c(OCC(=O)OCCCCC)c2cc(C)ccc12. The minimum atomic E-state index is -0.392. The first-order valence-electron chi connectivity index (χ1n) is 12.6. The number of fused-ring (bicyclic) bond motifs is 2. The number of unbranched alkanes of at least 4 members (excludes halogenated alkanes) is 4. The van der Waals surface area contributed by atoms with E-state index in [2.05, 4.69) is 13.8 Å². The zero-order valence-corrected chi connectivity index (χ0v) is 21.1. The van der Waals surface area contributed by atoms with Gasteiger partial charge in [0, 0.05) is 21.5 Å². The highest BCUT2D eigenvalue weighted by Gasteiger charge is 2.18. The lowest BCUT2D eigenvalue weighted by molar-refractivity contribution is -0.147. The van der Waals surface area contributed by atoms with Crippen molar-refractivity contribution in [3.05, 3.63) is 48.0 Å². The van der Waals surface area contributed by atoms with Crippen molar-refractivity contribution in [2.24, 2.45) is 0 Å². The second kappa shape index (κ2) is 13.6. The monoisotopic (exact) mass is 480 g/mol. The number of carbonyl (C=O) groups is 2. The number of ether oxygens (including phenoxy) is 4. The Kier molecular flexibility index (Phi) is 10.2. The smallest absolute Gasteiger partial charge is 0.344 e.